The van der Waals surface area contributed by atoms with E-state index in [1.54, 1.807) is 5.01 Å². The Balaban J connectivity index is 1.85. The molecule has 0 atom stereocenters. The molecule has 1 saturated carbocycles. The summed E-state index contributed by atoms with van der Waals surface area (Å²) in [4.78, 5) is 22.9. The van der Waals surface area contributed by atoms with Gasteiger partial charge in [-0.1, -0.05) is 25.0 Å². The number of rotatable bonds is 3. The molecular formula is C15H18N2O3. The number of carboxylic acids is 1. The van der Waals surface area contributed by atoms with Crippen molar-refractivity contribution >= 4 is 17.6 Å². The first kappa shape index (κ1) is 13.0. The third kappa shape index (κ3) is 2.03. The molecule has 1 aromatic rings. The Morgan fingerprint density at radius 2 is 1.85 bits per heavy atom. The van der Waals surface area contributed by atoms with Crippen molar-refractivity contribution in [2.24, 2.45) is 0 Å². The summed E-state index contributed by atoms with van der Waals surface area (Å²) in [6.45, 7) is 0.655. The third-order valence-corrected chi connectivity index (χ3v) is 4.42. The second-order valence-corrected chi connectivity index (χ2v) is 5.58. The molecule has 3 rings (SSSR count). The van der Waals surface area contributed by atoms with Gasteiger partial charge in [0.05, 0.1) is 11.1 Å². The number of amides is 1. The van der Waals surface area contributed by atoms with Crippen molar-refractivity contribution in [3.63, 3.8) is 0 Å². The molecule has 2 N–H and O–H groups in total. The van der Waals surface area contributed by atoms with Crippen LogP contribution in [0.5, 0.6) is 0 Å². The molecule has 1 aliphatic carbocycles. The molecule has 2 fully saturated rings. The molecule has 1 aromatic carbocycles. The van der Waals surface area contributed by atoms with Gasteiger partial charge in [0.2, 0.25) is 5.91 Å². The Morgan fingerprint density at radius 1 is 1.20 bits per heavy atom. The fourth-order valence-electron chi connectivity index (χ4n) is 3.23. The molecule has 1 saturated heterocycles. The maximum atomic E-state index is 11.6. The highest BCUT2D eigenvalue weighted by Crippen LogP contribution is 2.41. The van der Waals surface area contributed by atoms with Crippen molar-refractivity contribution in [2.75, 3.05) is 11.6 Å². The van der Waals surface area contributed by atoms with Crippen molar-refractivity contribution < 1.29 is 14.7 Å². The van der Waals surface area contributed by atoms with E-state index in [0.717, 1.165) is 24.1 Å². The van der Waals surface area contributed by atoms with E-state index in [1.807, 2.05) is 24.3 Å². The molecule has 1 amide bonds. The zero-order valence-corrected chi connectivity index (χ0v) is 11.3. The van der Waals surface area contributed by atoms with Crippen LogP contribution < -0.4 is 10.4 Å². The first-order chi connectivity index (χ1) is 9.62. The summed E-state index contributed by atoms with van der Waals surface area (Å²) >= 11 is 0. The van der Waals surface area contributed by atoms with Gasteiger partial charge in [-0.05, 0) is 30.5 Å². The van der Waals surface area contributed by atoms with Gasteiger partial charge in [0, 0.05) is 13.0 Å². The molecule has 1 aliphatic heterocycles. The zero-order chi connectivity index (χ0) is 14.2. The number of carbonyl (C=O) groups excluding carboxylic acids is 1. The van der Waals surface area contributed by atoms with Crippen LogP contribution in [-0.4, -0.2) is 23.5 Å². The van der Waals surface area contributed by atoms with Crippen LogP contribution in [0, 0.1) is 0 Å². The molecule has 0 radical (unpaired) electrons. The van der Waals surface area contributed by atoms with Crippen LogP contribution in [-0.2, 0) is 15.0 Å². The van der Waals surface area contributed by atoms with Gasteiger partial charge in [-0.15, -0.1) is 0 Å². The fourth-order valence-corrected chi connectivity index (χ4v) is 3.23. The van der Waals surface area contributed by atoms with E-state index in [1.165, 1.54) is 0 Å². The summed E-state index contributed by atoms with van der Waals surface area (Å²) in [6.07, 6.45) is 3.86. The van der Waals surface area contributed by atoms with Crippen LogP contribution in [0.2, 0.25) is 0 Å². The van der Waals surface area contributed by atoms with Gasteiger partial charge in [-0.25, -0.2) is 0 Å². The lowest BCUT2D eigenvalue weighted by Gasteiger charge is -2.25. The molecule has 20 heavy (non-hydrogen) atoms. The number of hydrazine groups is 1. The van der Waals surface area contributed by atoms with Crippen LogP contribution in [0.1, 0.15) is 37.7 Å². The SMILES string of the molecule is O=C1CCN(c2ccc(C3(C(=O)O)CCCC3)cc2)N1. The Bertz CT molecular complexity index is 533. The molecular weight excluding hydrogens is 256 g/mol. The summed E-state index contributed by atoms with van der Waals surface area (Å²) < 4.78 is 0. The quantitative estimate of drug-likeness (QED) is 0.882. The van der Waals surface area contributed by atoms with E-state index in [9.17, 15) is 14.7 Å². The van der Waals surface area contributed by atoms with Gasteiger partial charge < -0.3 is 5.11 Å². The third-order valence-electron chi connectivity index (χ3n) is 4.42. The lowest BCUT2D eigenvalue weighted by atomic mass is 9.79. The summed E-state index contributed by atoms with van der Waals surface area (Å²) in [5.74, 6) is -0.705. The summed E-state index contributed by atoms with van der Waals surface area (Å²) in [7, 11) is 0. The largest absolute Gasteiger partial charge is 0.481 e. The maximum absolute atomic E-state index is 11.6. The topological polar surface area (TPSA) is 69.6 Å². The standard InChI is InChI=1S/C15H18N2O3/c18-13-7-10-17(16-13)12-5-3-11(4-6-12)15(14(19)20)8-1-2-9-15/h3-6H,1-2,7-10H2,(H,16,18)(H,19,20). The minimum Gasteiger partial charge on any atom is -0.481 e. The number of hydrogen-bond donors (Lipinski definition) is 2. The lowest BCUT2D eigenvalue weighted by molar-refractivity contribution is -0.143. The molecule has 106 valence electrons. The zero-order valence-electron chi connectivity index (χ0n) is 11.3. The second-order valence-electron chi connectivity index (χ2n) is 5.58. The van der Waals surface area contributed by atoms with E-state index in [4.69, 9.17) is 0 Å². The Morgan fingerprint density at radius 3 is 2.35 bits per heavy atom. The second kappa shape index (κ2) is 4.81. The highest BCUT2D eigenvalue weighted by molar-refractivity contribution is 5.83. The highest BCUT2D eigenvalue weighted by Gasteiger charge is 2.42. The van der Waals surface area contributed by atoms with E-state index in [-0.39, 0.29) is 5.91 Å². The van der Waals surface area contributed by atoms with Crippen LogP contribution in [0.4, 0.5) is 5.69 Å². The van der Waals surface area contributed by atoms with Crippen molar-refractivity contribution in [1.29, 1.82) is 0 Å². The number of anilines is 1. The Kier molecular flexibility index (Phi) is 3.12. The summed E-state index contributed by atoms with van der Waals surface area (Å²) in [5.41, 5.74) is 3.83. The van der Waals surface area contributed by atoms with Crippen LogP contribution in [0.3, 0.4) is 0 Å². The van der Waals surface area contributed by atoms with Gasteiger partial charge in [0.1, 0.15) is 0 Å². The van der Waals surface area contributed by atoms with E-state index >= 15 is 0 Å². The van der Waals surface area contributed by atoms with Crippen LogP contribution in [0.15, 0.2) is 24.3 Å². The Hall–Kier alpha value is -2.04. The van der Waals surface area contributed by atoms with Crippen LogP contribution in [0.25, 0.3) is 0 Å². The van der Waals surface area contributed by atoms with Gasteiger partial charge in [0.15, 0.2) is 0 Å². The van der Waals surface area contributed by atoms with Crippen molar-refractivity contribution in [2.45, 2.75) is 37.5 Å². The number of benzene rings is 1. The van der Waals surface area contributed by atoms with Gasteiger partial charge >= 0.3 is 5.97 Å². The van der Waals surface area contributed by atoms with E-state index < -0.39 is 11.4 Å². The van der Waals surface area contributed by atoms with Crippen molar-refractivity contribution in [3.05, 3.63) is 29.8 Å². The fraction of sp³-hybridized carbons (Fsp3) is 0.467. The number of nitrogens with one attached hydrogen (secondary N) is 1. The monoisotopic (exact) mass is 274 g/mol. The predicted octanol–water partition coefficient (Wildman–Crippen LogP) is 1.82. The van der Waals surface area contributed by atoms with Gasteiger partial charge in [0.25, 0.3) is 0 Å². The Labute approximate surface area is 117 Å². The maximum Gasteiger partial charge on any atom is 0.314 e. The minimum absolute atomic E-state index is 0.0203. The van der Waals surface area contributed by atoms with Crippen LogP contribution >= 0.6 is 0 Å². The molecule has 5 heteroatoms. The average molecular weight is 274 g/mol. The van der Waals surface area contributed by atoms with E-state index in [2.05, 4.69) is 5.43 Å². The van der Waals surface area contributed by atoms with E-state index in [0.29, 0.717) is 25.8 Å². The molecule has 5 nitrogen and oxygen atoms in total. The smallest absolute Gasteiger partial charge is 0.314 e. The first-order valence-electron chi connectivity index (χ1n) is 7.03. The molecule has 0 aromatic heterocycles. The number of carbonyl (C=O) groups is 2. The first-order valence-corrected chi connectivity index (χ1v) is 7.03. The number of nitrogens with zero attached hydrogens (tertiary/aromatic N) is 1. The molecule has 0 bridgehead atoms. The molecule has 2 aliphatic rings. The van der Waals surface area contributed by atoms with Crippen molar-refractivity contribution in [3.8, 4) is 0 Å². The number of carboxylic acid groups (broad SMARTS) is 1. The van der Waals surface area contributed by atoms with Gasteiger partial charge in [-0.2, -0.15) is 0 Å². The normalized spacial score (nSPS) is 21.0. The molecule has 1 heterocycles. The van der Waals surface area contributed by atoms with Crippen molar-refractivity contribution in [1.82, 2.24) is 5.43 Å². The minimum atomic E-state index is -0.725. The predicted molar refractivity (Wildman–Crippen MR) is 74.3 cm³/mol. The lowest BCUT2D eigenvalue weighted by Crippen LogP contribution is -2.34. The average Bonchev–Trinajstić information content (AvgIpc) is 3.08. The highest BCUT2D eigenvalue weighted by atomic mass is 16.4. The number of aliphatic carboxylic acids is 1. The summed E-state index contributed by atoms with van der Waals surface area (Å²) in [5, 5.41) is 11.4. The molecule has 0 spiro atoms. The summed E-state index contributed by atoms with van der Waals surface area (Å²) in [6, 6.07) is 7.56. The molecule has 0 unspecified atom stereocenters. The van der Waals surface area contributed by atoms with Gasteiger partial charge in [-0.3, -0.25) is 20.0 Å². The number of hydrogen-bond acceptors (Lipinski definition) is 3.